The Morgan fingerprint density at radius 1 is 1.64 bits per heavy atom. The van der Waals surface area contributed by atoms with Gasteiger partial charge in [0.05, 0.1) is 6.54 Å². The Hall–Kier alpha value is -0.840. The summed E-state index contributed by atoms with van der Waals surface area (Å²) in [7, 11) is 0. The topological polar surface area (TPSA) is 66.6 Å². The van der Waals surface area contributed by atoms with E-state index in [0.717, 1.165) is 4.90 Å². The fraction of sp³-hybridized carbons (Fsp3) is 0.833. The van der Waals surface area contributed by atoms with Crippen molar-refractivity contribution < 1.29 is 14.3 Å². The fourth-order valence-corrected chi connectivity index (χ4v) is 1.23. The van der Waals surface area contributed by atoms with Crippen molar-refractivity contribution in [3.05, 3.63) is 0 Å². The van der Waals surface area contributed by atoms with Gasteiger partial charge in [0.25, 0.3) is 0 Å². The van der Waals surface area contributed by atoms with Crippen LogP contribution in [0.2, 0.25) is 0 Å². The number of nitrogens with two attached hydrogens (primary N) is 1. The molecule has 0 spiro atoms. The van der Waals surface area contributed by atoms with Gasteiger partial charge in [-0.25, -0.2) is 9.18 Å². The molecule has 1 rings (SSSR count). The summed E-state index contributed by atoms with van der Waals surface area (Å²) in [6, 6.07) is -0.352. The third-order valence-corrected chi connectivity index (χ3v) is 1.70. The largest absolute Gasteiger partial charge is 0.465 e. The fourth-order valence-electron chi connectivity index (χ4n) is 1.23. The summed E-state index contributed by atoms with van der Waals surface area (Å²) in [5.74, 6) is 0. The number of halogens is 1. The second-order valence-electron chi connectivity index (χ2n) is 2.78. The number of amides is 1. The van der Waals surface area contributed by atoms with E-state index in [1.807, 2.05) is 0 Å². The van der Waals surface area contributed by atoms with Gasteiger partial charge in [-0.1, -0.05) is 0 Å². The Bertz CT molecular complexity index is 155. The molecule has 5 heteroatoms. The highest BCUT2D eigenvalue weighted by Crippen LogP contribution is 2.11. The van der Waals surface area contributed by atoms with Gasteiger partial charge < -0.3 is 15.7 Å². The number of carbonyl (C=O) groups is 1. The van der Waals surface area contributed by atoms with E-state index in [-0.39, 0.29) is 25.6 Å². The van der Waals surface area contributed by atoms with Crippen LogP contribution < -0.4 is 5.73 Å². The Labute approximate surface area is 63.8 Å². The summed E-state index contributed by atoms with van der Waals surface area (Å²) >= 11 is 0. The lowest BCUT2D eigenvalue weighted by molar-refractivity contribution is 0.0991. The van der Waals surface area contributed by atoms with E-state index in [0.29, 0.717) is 0 Å². The highest BCUT2D eigenvalue weighted by molar-refractivity contribution is 5.65. The maximum atomic E-state index is 12.7. The van der Waals surface area contributed by atoms with Gasteiger partial charge in [0.15, 0.2) is 0 Å². The van der Waals surface area contributed by atoms with Crippen LogP contribution in [-0.2, 0) is 0 Å². The Morgan fingerprint density at radius 3 is 2.73 bits per heavy atom. The summed E-state index contributed by atoms with van der Waals surface area (Å²) in [4.78, 5) is 11.4. The first-order valence-electron chi connectivity index (χ1n) is 3.47. The van der Waals surface area contributed by atoms with Gasteiger partial charge in [-0.3, -0.25) is 0 Å². The maximum absolute atomic E-state index is 12.7. The first-order chi connectivity index (χ1) is 5.09. The lowest BCUT2D eigenvalue weighted by Gasteiger charge is -2.30. The summed E-state index contributed by atoms with van der Waals surface area (Å²) in [6.45, 7) is 0.207. The Morgan fingerprint density at radius 2 is 2.27 bits per heavy atom. The summed E-state index contributed by atoms with van der Waals surface area (Å²) in [5, 5.41) is 8.48. The minimum absolute atomic E-state index is 0.0387. The highest BCUT2D eigenvalue weighted by atomic mass is 19.1. The zero-order valence-electron chi connectivity index (χ0n) is 6.03. The molecule has 1 heterocycles. The Kier molecular flexibility index (Phi) is 2.28. The van der Waals surface area contributed by atoms with E-state index in [1.165, 1.54) is 0 Å². The van der Waals surface area contributed by atoms with E-state index in [4.69, 9.17) is 10.8 Å². The third kappa shape index (κ3) is 2.04. The molecular weight excluding hydrogens is 151 g/mol. The highest BCUT2D eigenvalue weighted by Gasteiger charge is 2.27. The standard InChI is InChI=1S/C6H11FN2O2/c7-4-1-5(8)3-9(2-4)6(10)11/h4-5H,1-3,8H2,(H,10,11). The van der Waals surface area contributed by atoms with Gasteiger partial charge in [0.1, 0.15) is 6.17 Å². The van der Waals surface area contributed by atoms with Crippen LogP contribution in [0.15, 0.2) is 0 Å². The van der Waals surface area contributed by atoms with Gasteiger partial charge in [0.2, 0.25) is 0 Å². The number of nitrogens with zero attached hydrogens (tertiary/aromatic N) is 1. The molecule has 0 aromatic heterocycles. The molecule has 0 aromatic carbocycles. The van der Waals surface area contributed by atoms with Crippen molar-refractivity contribution in [1.82, 2.24) is 4.90 Å². The molecule has 2 atom stereocenters. The Balaban J connectivity index is 2.49. The van der Waals surface area contributed by atoms with Crippen LogP contribution in [0.5, 0.6) is 0 Å². The minimum Gasteiger partial charge on any atom is -0.465 e. The van der Waals surface area contributed by atoms with Crippen LogP contribution in [0, 0.1) is 0 Å². The van der Waals surface area contributed by atoms with Crippen LogP contribution in [0.4, 0.5) is 9.18 Å². The summed E-state index contributed by atoms with van der Waals surface area (Å²) < 4.78 is 12.7. The van der Waals surface area contributed by atoms with E-state index in [9.17, 15) is 9.18 Å². The normalized spacial score (nSPS) is 32.0. The van der Waals surface area contributed by atoms with Crippen LogP contribution in [0.25, 0.3) is 0 Å². The van der Waals surface area contributed by atoms with E-state index < -0.39 is 12.3 Å². The van der Waals surface area contributed by atoms with Gasteiger partial charge in [-0.05, 0) is 6.42 Å². The number of carboxylic acid groups (broad SMARTS) is 1. The molecular formula is C6H11FN2O2. The predicted molar refractivity (Wildman–Crippen MR) is 37.1 cm³/mol. The third-order valence-electron chi connectivity index (χ3n) is 1.70. The number of alkyl halides is 1. The second-order valence-corrected chi connectivity index (χ2v) is 2.78. The van der Waals surface area contributed by atoms with Gasteiger partial charge in [0, 0.05) is 12.6 Å². The molecule has 0 aromatic rings. The molecule has 0 aliphatic carbocycles. The average Bonchev–Trinajstić information content (AvgIpc) is 1.85. The molecule has 1 aliphatic heterocycles. The predicted octanol–water partition coefficient (Wildman–Crippen LogP) is 0.0355. The van der Waals surface area contributed by atoms with Crippen molar-refractivity contribution in [2.75, 3.05) is 13.1 Å². The van der Waals surface area contributed by atoms with Crippen molar-refractivity contribution in [2.24, 2.45) is 5.73 Å². The molecule has 0 saturated carbocycles. The zero-order valence-corrected chi connectivity index (χ0v) is 6.03. The molecule has 1 fully saturated rings. The number of piperidine rings is 1. The lowest BCUT2D eigenvalue weighted by atomic mass is 10.1. The first-order valence-corrected chi connectivity index (χ1v) is 3.47. The maximum Gasteiger partial charge on any atom is 0.407 e. The number of hydrogen-bond acceptors (Lipinski definition) is 2. The van der Waals surface area contributed by atoms with Gasteiger partial charge in [-0.2, -0.15) is 0 Å². The molecule has 0 radical (unpaired) electrons. The minimum atomic E-state index is -1.10. The van der Waals surface area contributed by atoms with Crippen LogP contribution in [-0.4, -0.2) is 41.4 Å². The van der Waals surface area contributed by atoms with E-state index in [1.54, 1.807) is 0 Å². The van der Waals surface area contributed by atoms with E-state index >= 15 is 0 Å². The molecule has 1 amide bonds. The van der Waals surface area contributed by atoms with Crippen molar-refractivity contribution in [3.8, 4) is 0 Å². The van der Waals surface area contributed by atoms with Crippen molar-refractivity contribution in [3.63, 3.8) is 0 Å². The molecule has 1 aliphatic rings. The molecule has 2 unspecified atom stereocenters. The van der Waals surface area contributed by atoms with Gasteiger partial charge in [-0.15, -0.1) is 0 Å². The number of likely N-dealkylation sites (tertiary alicyclic amines) is 1. The zero-order chi connectivity index (χ0) is 8.43. The quantitative estimate of drug-likeness (QED) is 0.528. The molecule has 1 saturated heterocycles. The number of hydrogen-bond donors (Lipinski definition) is 2. The van der Waals surface area contributed by atoms with Crippen molar-refractivity contribution in [2.45, 2.75) is 18.6 Å². The first kappa shape index (κ1) is 8.26. The van der Waals surface area contributed by atoms with Crippen molar-refractivity contribution >= 4 is 6.09 Å². The number of rotatable bonds is 0. The van der Waals surface area contributed by atoms with Gasteiger partial charge >= 0.3 is 6.09 Å². The van der Waals surface area contributed by atoms with Crippen LogP contribution >= 0.6 is 0 Å². The summed E-state index contributed by atoms with van der Waals surface area (Å²) in [6.07, 6.45) is -1.93. The SMILES string of the molecule is NC1CC(F)CN(C(=O)O)C1. The lowest BCUT2D eigenvalue weighted by Crippen LogP contribution is -2.49. The molecule has 4 nitrogen and oxygen atoms in total. The van der Waals surface area contributed by atoms with Crippen LogP contribution in [0.1, 0.15) is 6.42 Å². The molecule has 64 valence electrons. The molecule has 0 bridgehead atoms. The second kappa shape index (κ2) is 3.04. The van der Waals surface area contributed by atoms with Crippen molar-refractivity contribution in [1.29, 1.82) is 0 Å². The molecule has 3 N–H and O–H groups in total. The smallest absolute Gasteiger partial charge is 0.407 e. The molecule has 11 heavy (non-hydrogen) atoms. The van der Waals surface area contributed by atoms with Crippen LogP contribution in [0.3, 0.4) is 0 Å². The summed E-state index contributed by atoms with van der Waals surface area (Å²) in [5.41, 5.74) is 5.41. The average molecular weight is 162 g/mol. The van der Waals surface area contributed by atoms with E-state index in [2.05, 4.69) is 0 Å². The monoisotopic (exact) mass is 162 g/mol.